The molecule has 4 nitrogen and oxygen atoms in total. The van der Waals surface area contributed by atoms with E-state index in [0.717, 1.165) is 64.2 Å². The molecular weight excluding hydrogens is 580 g/mol. The monoisotopic (exact) mass is 659 g/mol. The number of esters is 1. The van der Waals surface area contributed by atoms with Crippen molar-refractivity contribution in [3.05, 3.63) is 36.5 Å². The van der Waals surface area contributed by atoms with Crippen molar-refractivity contribution in [2.24, 2.45) is 0 Å². The molecule has 0 saturated carbocycles. The lowest BCUT2D eigenvalue weighted by Gasteiger charge is -2.14. The first-order valence-electron chi connectivity index (χ1n) is 20.5. The lowest BCUT2D eigenvalue weighted by atomic mass is 10.0. The third kappa shape index (κ3) is 38.5. The molecule has 0 spiro atoms. The first-order valence-corrected chi connectivity index (χ1v) is 20.5. The summed E-state index contributed by atoms with van der Waals surface area (Å²) >= 11 is 0. The molecule has 0 aromatic carbocycles. The number of carboxylic acids is 1. The quantitative estimate of drug-likeness (QED) is 0.0410. The zero-order valence-corrected chi connectivity index (χ0v) is 31.3. The Hall–Kier alpha value is -1.84. The average molecular weight is 659 g/mol. The third-order valence-electron chi connectivity index (χ3n) is 9.10. The fraction of sp³-hybridized carbons (Fsp3) is 0.814. The first kappa shape index (κ1) is 45.2. The molecule has 4 heteroatoms. The molecule has 0 aliphatic rings. The van der Waals surface area contributed by atoms with Crippen LogP contribution in [0.1, 0.15) is 219 Å². The van der Waals surface area contributed by atoms with E-state index in [9.17, 15) is 9.59 Å². The van der Waals surface area contributed by atoms with Crippen LogP contribution in [-0.4, -0.2) is 23.1 Å². The number of carboxylic acid groups (broad SMARTS) is 1. The van der Waals surface area contributed by atoms with Crippen LogP contribution in [0.3, 0.4) is 0 Å². The maximum Gasteiger partial charge on any atom is 0.306 e. The molecule has 1 unspecified atom stereocenters. The van der Waals surface area contributed by atoms with Gasteiger partial charge in [-0.2, -0.15) is 0 Å². The van der Waals surface area contributed by atoms with Crippen molar-refractivity contribution >= 4 is 11.9 Å². The number of ether oxygens (including phenoxy) is 1. The van der Waals surface area contributed by atoms with Crippen LogP contribution in [0.5, 0.6) is 0 Å². The van der Waals surface area contributed by atoms with E-state index in [0.29, 0.717) is 6.42 Å². The highest BCUT2D eigenvalue weighted by Crippen LogP contribution is 2.16. The summed E-state index contributed by atoms with van der Waals surface area (Å²) in [6.07, 6.45) is 50.4. The molecule has 0 aliphatic carbocycles. The SMILES string of the molecule is CCCCC/C=C\C/C=C\C/C=C\C(CCCCCCCC(=O)O)OC(=O)CCCCCCCCCCCCCCCCCCCC. The van der Waals surface area contributed by atoms with E-state index < -0.39 is 5.97 Å². The second kappa shape index (κ2) is 38.6. The summed E-state index contributed by atoms with van der Waals surface area (Å²) in [4.78, 5) is 23.3. The molecule has 0 aliphatic heterocycles. The fourth-order valence-electron chi connectivity index (χ4n) is 6.05. The summed E-state index contributed by atoms with van der Waals surface area (Å²) in [6.45, 7) is 4.52. The van der Waals surface area contributed by atoms with E-state index in [2.05, 4.69) is 50.3 Å². The summed E-state index contributed by atoms with van der Waals surface area (Å²) in [7, 11) is 0. The van der Waals surface area contributed by atoms with Gasteiger partial charge in [0.1, 0.15) is 6.10 Å². The molecule has 0 amide bonds. The van der Waals surface area contributed by atoms with Crippen molar-refractivity contribution in [3.8, 4) is 0 Å². The van der Waals surface area contributed by atoms with E-state index in [1.165, 1.54) is 128 Å². The van der Waals surface area contributed by atoms with Gasteiger partial charge in [0.25, 0.3) is 0 Å². The predicted octanol–water partition coefficient (Wildman–Crippen LogP) is 14.2. The van der Waals surface area contributed by atoms with Crippen LogP contribution >= 0.6 is 0 Å². The van der Waals surface area contributed by atoms with Gasteiger partial charge in [-0.15, -0.1) is 0 Å². The van der Waals surface area contributed by atoms with Gasteiger partial charge in [-0.05, 0) is 57.4 Å². The number of unbranched alkanes of at least 4 members (excludes halogenated alkanes) is 24. The van der Waals surface area contributed by atoms with Crippen LogP contribution in [0.25, 0.3) is 0 Å². The number of allylic oxidation sites excluding steroid dienone is 5. The highest BCUT2D eigenvalue weighted by molar-refractivity contribution is 5.69. The van der Waals surface area contributed by atoms with Crippen LogP contribution < -0.4 is 0 Å². The molecule has 0 bridgehead atoms. The average Bonchev–Trinajstić information content (AvgIpc) is 3.05. The molecule has 47 heavy (non-hydrogen) atoms. The number of hydrogen-bond donors (Lipinski definition) is 1. The third-order valence-corrected chi connectivity index (χ3v) is 9.10. The molecule has 1 atom stereocenters. The fourth-order valence-corrected chi connectivity index (χ4v) is 6.05. The van der Waals surface area contributed by atoms with Crippen LogP contribution in [0.2, 0.25) is 0 Å². The predicted molar refractivity (Wildman–Crippen MR) is 204 cm³/mol. The molecule has 1 N–H and O–H groups in total. The Morgan fingerprint density at radius 2 is 0.894 bits per heavy atom. The van der Waals surface area contributed by atoms with E-state index in [-0.39, 0.29) is 18.5 Å². The van der Waals surface area contributed by atoms with Gasteiger partial charge in [0.05, 0.1) is 0 Å². The van der Waals surface area contributed by atoms with Gasteiger partial charge < -0.3 is 9.84 Å². The van der Waals surface area contributed by atoms with E-state index in [1.54, 1.807) is 0 Å². The van der Waals surface area contributed by atoms with E-state index >= 15 is 0 Å². The smallest absolute Gasteiger partial charge is 0.306 e. The molecule has 0 fully saturated rings. The van der Waals surface area contributed by atoms with Gasteiger partial charge in [0, 0.05) is 12.8 Å². The maximum absolute atomic E-state index is 12.6. The van der Waals surface area contributed by atoms with Crippen molar-refractivity contribution in [1.29, 1.82) is 0 Å². The lowest BCUT2D eigenvalue weighted by Crippen LogP contribution is -2.16. The first-order chi connectivity index (χ1) is 23.1. The van der Waals surface area contributed by atoms with Crippen molar-refractivity contribution in [3.63, 3.8) is 0 Å². The Balaban J connectivity index is 4.05. The largest absolute Gasteiger partial charge is 0.481 e. The number of carbonyl (C=O) groups is 2. The van der Waals surface area contributed by atoms with Crippen LogP contribution in [-0.2, 0) is 14.3 Å². The van der Waals surface area contributed by atoms with Gasteiger partial charge in [0.2, 0.25) is 0 Å². The number of aliphatic carboxylic acids is 1. The van der Waals surface area contributed by atoms with Crippen LogP contribution in [0.15, 0.2) is 36.5 Å². The zero-order chi connectivity index (χ0) is 34.3. The highest BCUT2D eigenvalue weighted by atomic mass is 16.5. The second-order valence-corrected chi connectivity index (χ2v) is 13.8. The Morgan fingerprint density at radius 1 is 0.489 bits per heavy atom. The standard InChI is InChI=1S/C43H78O4/c1-3-5-7-9-11-13-15-16-17-18-19-20-21-23-25-27-32-36-40-43(46)47-41(38-34-30-28-31-35-39-42(44)45)37-33-29-26-24-22-14-12-10-8-6-4-2/h12,14,24,26,33,37,41H,3-11,13,15-23,25,27-32,34-36,38-40H2,1-2H3,(H,44,45)/b14-12-,26-24-,37-33-. The summed E-state index contributed by atoms with van der Waals surface area (Å²) in [5.74, 6) is -0.782. The molecule has 0 saturated heterocycles. The van der Waals surface area contributed by atoms with Crippen molar-refractivity contribution in [2.75, 3.05) is 0 Å². The van der Waals surface area contributed by atoms with Crippen molar-refractivity contribution in [1.82, 2.24) is 0 Å². The minimum Gasteiger partial charge on any atom is -0.481 e. The molecular formula is C43H78O4. The van der Waals surface area contributed by atoms with E-state index in [1.807, 2.05) is 0 Å². The van der Waals surface area contributed by atoms with E-state index in [4.69, 9.17) is 9.84 Å². The van der Waals surface area contributed by atoms with Gasteiger partial charge >= 0.3 is 11.9 Å². The normalized spacial score (nSPS) is 12.6. The topological polar surface area (TPSA) is 63.6 Å². The summed E-state index contributed by atoms with van der Waals surface area (Å²) in [6, 6.07) is 0. The van der Waals surface area contributed by atoms with Crippen molar-refractivity contribution in [2.45, 2.75) is 225 Å². The molecule has 0 heterocycles. The summed E-state index contributed by atoms with van der Waals surface area (Å²) < 4.78 is 5.90. The minimum absolute atomic E-state index is 0.0682. The minimum atomic E-state index is -0.714. The Labute approximate surface area is 292 Å². The maximum atomic E-state index is 12.6. The molecule has 0 rings (SSSR count). The van der Waals surface area contributed by atoms with Gasteiger partial charge in [-0.25, -0.2) is 0 Å². The van der Waals surface area contributed by atoms with Crippen LogP contribution in [0.4, 0.5) is 0 Å². The van der Waals surface area contributed by atoms with Gasteiger partial charge in [-0.3, -0.25) is 9.59 Å². The number of rotatable bonds is 37. The van der Waals surface area contributed by atoms with Crippen LogP contribution in [0, 0.1) is 0 Å². The zero-order valence-electron chi connectivity index (χ0n) is 31.3. The Kier molecular flexibility index (Phi) is 37.1. The Bertz CT molecular complexity index is 753. The van der Waals surface area contributed by atoms with Gasteiger partial charge in [0.15, 0.2) is 0 Å². The molecule has 0 radical (unpaired) electrons. The molecule has 0 aromatic heterocycles. The number of hydrogen-bond acceptors (Lipinski definition) is 3. The lowest BCUT2D eigenvalue weighted by molar-refractivity contribution is -0.147. The Morgan fingerprint density at radius 3 is 1.40 bits per heavy atom. The summed E-state index contributed by atoms with van der Waals surface area (Å²) in [5, 5.41) is 8.81. The second-order valence-electron chi connectivity index (χ2n) is 13.8. The molecule has 0 aromatic rings. The highest BCUT2D eigenvalue weighted by Gasteiger charge is 2.11. The van der Waals surface area contributed by atoms with Gasteiger partial charge in [-0.1, -0.05) is 185 Å². The van der Waals surface area contributed by atoms with Crippen molar-refractivity contribution < 1.29 is 19.4 Å². The molecule has 274 valence electrons. The summed E-state index contributed by atoms with van der Waals surface area (Å²) in [5.41, 5.74) is 0. The number of carbonyl (C=O) groups excluding carboxylic acids is 1.